The van der Waals surface area contributed by atoms with E-state index in [1.54, 1.807) is 6.07 Å². The van der Waals surface area contributed by atoms with Crippen LogP contribution in [0.5, 0.6) is 0 Å². The maximum absolute atomic E-state index is 13.3. The number of carbonyl (C=O) groups excluding carboxylic acids is 1. The number of amides is 1. The van der Waals surface area contributed by atoms with Gasteiger partial charge in [0, 0.05) is 34.9 Å². The predicted octanol–water partition coefficient (Wildman–Crippen LogP) is 7.01. The molecule has 4 nitrogen and oxygen atoms in total. The van der Waals surface area contributed by atoms with Crippen molar-refractivity contribution in [3.63, 3.8) is 0 Å². The van der Waals surface area contributed by atoms with E-state index in [4.69, 9.17) is 0 Å². The van der Waals surface area contributed by atoms with Crippen LogP contribution in [-0.4, -0.2) is 23.1 Å². The van der Waals surface area contributed by atoms with Crippen LogP contribution in [0.2, 0.25) is 0 Å². The summed E-state index contributed by atoms with van der Waals surface area (Å²) >= 11 is 0. The number of fused-ring (bicyclic) bond motifs is 2. The molecule has 36 heavy (non-hydrogen) atoms. The summed E-state index contributed by atoms with van der Waals surface area (Å²) in [4.78, 5) is 21.1. The fourth-order valence-electron chi connectivity index (χ4n) is 4.22. The van der Waals surface area contributed by atoms with Crippen molar-refractivity contribution in [1.82, 2.24) is 4.98 Å². The molecule has 0 fully saturated rings. The minimum Gasteiger partial charge on any atom is -0.361 e. The first-order chi connectivity index (χ1) is 17.4. The molecule has 0 aliphatic heterocycles. The molecule has 0 spiro atoms. The van der Waals surface area contributed by atoms with E-state index in [-0.39, 0.29) is 11.4 Å². The molecule has 7 heteroatoms. The minimum absolute atomic E-state index is 0.0555. The maximum Gasteiger partial charge on any atom is 0.416 e. The molecule has 1 heterocycles. The highest BCUT2D eigenvalue weighted by atomic mass is 19.4. The number of aromatic amines is 1. The van der Waals surface area contributed by atoms with Gasteiger partial charge in [-0.05, 0) is 53.1 Å². The lowest BCUT2D eigenvalue weighted by Crippen LogP contribution is -2.24. The van der Waals surface area contributed by atoms with Crippen molar-refractivity contribution in [1.29, 1.82) is 0 Å². The van der Waals surface area contributed by atoms with Crippen molar-refractivity contribution >= 4 is 39.0 Å². The average Bonchev–Trinajstić information content (AvgIpc) is 3.29. The molecule has 0 saturated carbocycles. The van der Waals surface area contributed by atoms with Crippen LogP contribution >= 0.6 is 0 Å². The Bertz CT molecular complexity index is 1580. The molecule has 1 aromatic heterocycles. The molecule has 0 radical (unpaired) electrons. The van der Waals surface area contributed by atoms with Crippen LogP contribution in [0, 0.1) is 0 Å². The van der Waals surface area contributed by atoms with Crippen LogP contribution in [-0.2, 0) is 17.4 Å². The highest BCUT2D eigenvalue weighted by Gasteiger charge is 2.30. The first-order valence-corrected chi connectivity index (χ1v) is 11.5. The molecule has 0 unspecified atom stereocenters. The molecule has 1 amide bonds. The zero-order valence-electron chi connectivity index (χ0n) is 19.1. The number of rotatable bonds is 6. The molecule has 0 atom stereocenters. The van der Waals surface area contributed by atoms with Crippen molar-refractivity contribution in [3.05, 3.63) is 114 Å². The Balaban J connectivity index is 1.45. The number of benzene rings is 4. The van der Waals surface area contributed by atoms with Gasteiger partial charge >= 0.3 is 6.18 Å². The first-order valence-electron chi connectivity index (χ1n) is 11.5. The number of aliphatic imine (C=N–C) groups is 1. The topological polar surface area (TPSA) is 57.2 Å². The van der Waals surface area contributed by atoms with Gasteiger partial charge in [0.25, 0.3) is 5.91 Å². The third kappa shape index (κ3) is 5.00. The molecule has 5 aromatic rings. The van der Waals surface area contributed by atoms with E-state index in [0.29, 0.717) is 18.5 Å². The van der Waals surface area contributed by atoms with Crippen LogP contribution in [0.4, 0.5) is 18.9 Å². The van der Waals surface area contributed by atoms with Gasteiger partial charge in [-0.1, -0.05) is 60.7 Å². The third-order valence-electron chi connectivity index (χ3n) is 6.01. The number of nitrogens with one attached hydrogen (secondary N) is 2. The molecule has 0 aliphatic rings. The van der Waals surface area contributed by atoms with Crippen molar-refractivity contribution < 1.29 is 18.0 Å². The SMILES string of the molecule is O=C(Nc1cccc(C(F)(F)F)c1)C(=NCCc1c[nH]c2ccccc12)c1ccc2ccccc2c1. The summed E-state index contributed by atoms with van der Waals surface area (Å²) in [5, 5.41) is 5.64. The van der Waals surface area contributed by atoms with Crippen LogP contribution in [0.15, 0.2) is 102 Å². The molecular formula is C29H22F3N3O. The van der Waals surface area contributed by atoms with E-state index in [2.05, 4.69) is 15.3 Å². The Morgan fingerprint density at radius 3 is 2.47 bits per heavy atom. The van der Waals surface area contributed by atoms with Crippen LogP contribution in [0.25, 0.3) is 21.7 Å². The molecule has 0 bridgehead atoms. The zero-order valence-corrected chi connectivity index (χ0v) is 19.1. The van der Waals surface area contributed by atoms with Crippen LogP contribution in [0.3, 0.4) is 0 Å². The smallest absolute Gasteiger partial charge is 0.361 e. The van der Waals surface area contributed by atoms with E-state index in [0.717, 1.165) is 39.4 Å². The average molecular weight is 486 g/mol. The normalized spacial score (nSPS) is 12.2. The first kappa shape index (κ1) is 23.4. The molecule has 5 rings (SSSR count). The largest absolute Gasteiger partial charge is 0.416 e. The lowest BCUT2D eigenvalue weighted by molar-refractivity contribution is -0.137. The van der Waals surface area contributed by atoms with Gasteiger partial charge in [0.2, 0.25) is 0 Å². The second-order valence-electron chi connectivity index (χ2n) is 8.43. The summed E-state index contributed by atoms with van der Waals surface area (Å²) in [7, 11) is 0. The number of anilines is 1. The fourth-order valence-corrected chi connectivity index (χ4v) is 4.22. The number of aromatic nitrogens is 1. The van der Waals surface area contributed by atoms with Crippen molar-refractivity contribution in [2.24, 2.45) is 4.99 Å². The number of halogens is 3. The Morgan fingerprint density at radius 2 is 1.64 bits per heavy atom. The standard InChI is InChI=1S/C29H22F3N3O/c30-29(31,32)23-8-5-9-24(17-23)35-28(36)27(21-13-12-19-6-1-2-7-20(19)16-21)33-15-14-22-18-34-26-11-4-3-10-25(22)26/h1-13,16-18,34H,14-15H2,(H,35,36). The molecule has 180 valence electrons. The van der Waals surface area contributed by atoms with Crippen molar-refractivity contribution in [2.45, 2.75) is 12.6 Å². The maximum atomic E-state index is 13.3. The number of H-pyrrole nitrogens is 1. The predicted molar refractivity (Wildman–Crippen MR) is 137 cm³/mol. The van der Waals surface area contributed by atoms with Gasteiger partial charge in [0.05, 0.1) is 5.56 Å². The minimum atomic E-state index is -4.50. The van der Waals surface area contributed by atoms with Gasteiger partial charge < -0.3 is 10.3 Å². The van der Waals surface area contributed by atoms with Gasteiger partial charge in [-0.25, -0.2) is 0 Å². The second kappa shape index (κ2) is 9.70. The van der Waals surface area contributed by atoms with Crippen molar-refractivity contribution in [3.8, 4) is 0 Å². The van der Waals surface area contributed by atoms with E-state index in [1.165, 1.54) is 12.1 Å². The van der Waals surface area contributed by atoms with E-state index >= 15 is 0 Å². The fraction of sp³-hybridized carbons (Fsp3) is 0.103. The Kier molecular flexibility index (Phi) is 6.29. The Hall–Kier alpha value is -4.39. The summed E-state index contributed by atoms with van der Waals surface area (Å²) in [5.41, 5.74) is 2.08. The quantitative estimate of drug-likeness (QED) is 0.250. The number of carbonyl (C=O) groups is 1. The summed E-state index contributed by atoms with van der Waals surface area (Å²) in [6, 6.07) is 25.8. The van der Waals surface area contributed by atoms with Gasteiger partial charge in [0.1, 0.15) is 5.71 Å². The number of hydrogen-bond acceptors (Lipinski definition) is 2. The Morgan fingerprint density at radius 1 is 0.861 bits per heavy atom. The van der Waals surface area contributed by atoms with Gasteiger partial charge in [-0.2, -0.15) is 13.2 Å². The second-order valence-corrected chi connectivity index (χ2v) is 8.43. The highest BCUT2D eigenvalue weighted by molar-refractivity contribution is 6.49. The molecule has 0 aliphatic carbocycles. The van der Waals surface area contributed by atoms with E-state index < -0.39 is 17.6 Å². The summed E-state index contributed by atoms with van der Waals surface area (Å²) in [6.45, 7) is 0.333. The lowest BCUT2D eigenvalue weighted by atomic mass is 10.0. The summed E-state index contributed by atoms with van der Waals surface area (Å²) in [6.07, 6.45) is -1.98. The van der Waals surface area contributed by atoms with Crippen molar-refractivity contribution in [2.75, 3.05) is 11.9 Å². The monoisotopic (exact) mass is 485 g/mol. The van der Waals surface area contributed by atoms with Gasteiger partial charge in [-0.3, -0.25) is 9.79 Å². The van der Waals surface area contributed by atoms with Crippen LogP contribution < -0.4 is 5.32 Å². The number of para-hydroxylation sites is 1. The molecule has 2 N–H and O–H groups in total. The Labute approximate surface area is 205 Å². The zero-order chi connectivity index (χ0) is 25.1. The third-order valence-corrected chi connectivity index (χ3v) is 6.01. The summed E-state index contributed by atoms with van der Waals surface area (Å²) < 4.78 is 39.5. The van der Waals surface area contributed by atoms with Gasteiger partial charge in [0.15, 0.2) is 0 Å². The number of nitrogens with zero attached hydrogens (tertiary/aromatic N) is 1. The highest BCUT2D eigenvalue weighted by Crippen LogP contribution is 2.30. The van der Waals surface area contributed by atoms with Gasteiger partial charge in [-0.15, -0.1) is 0 Å². The molecule has 0 saturated heterocycles. The van der Waals surface area contributed by atoms with Crippen LogP contribution in [0.1, 0.15) is 16.7 Å². The number of hydrogen-bond donors (Lipinski definition) is 2. The molecule has 4 aromatic carbocycles. The molecular weight excluding hydrogens is 463 g/mol. The van der Waals surface area contributed by atoms with E-state index in [9.17, 15) is 18.0 Å². The number of alkyl halides is 3. The van der Waals surface area contributed by atoms with E-state index in [1.807, 2.05) is 66.9 Å². The lowest BCUT2D eigenvalue weighted by Gasteiger charge is -2.12. The summed E-state index contributed by atoms with van der Waals surface area (Å²) in [5.74, 6) is -0.566.